The van der Waals surface area contributed by atoms with E-state index in [2.05, 4.69) is 4.72 Å². The lowest BCUT2D eigenvalue weighted by molar-refractivity contribution is 0.186. The van der Waals surface area contributed by atoms with E-state index in [0.29, 0.717) is 17.5 Å². The minimum Gasteiger partial charge on any atom is -0.393 e. The lowest BCUT2D eigenvalue weighted by Gasteiger charge is -2.08. The van der Waals surface area contributed by atoms with Crippen molar-refractivity contribution in [2.45, 2.75) is 25.2 Å². The van der Waals surface area contributed by atoms with Crippen molar-refractivity contribution in [2.24, 2.45) is 0 Å². The number of hydrogen-bond acceptors (Lipinski definition) is 4. The summed E-state index contributed by atoms with van der Waals surface area (Å²) >= 11 is 0. The van der Waals surface area contributed by atoms with E-state index in [1.54, 1.807) is 31.2 Å². The molecular weight excluding hydrogens is 252 g/mol. The standard InChI is InChI=1S/C12H16N2O3S/c1-10(15)5-6-14-18(16,17)9-12-4-2-3-11(7-12)8-13/h2-4,7,10,14-15H,5-6,9H2,1H3. The average molecular weight is 268 g/mol. The molecule has 0 aromatic heterocycles. The minimum absolute atomic E-state index is 0.164. The smallest absolute Gasteiger partial charge is 0.215 e. The van der Waals surface area contributed by atoms with E-state index in [1.807, 2.05) is 6.07 Å². The third-order valence-electron chi connectivity index (χ3n) is 2.30. The zero-order chi connectivity index (χ0) is 13.6. The Bertz CT molecular complexity index is 532. The molecule has 0 amide bonds. The molecule has 0 aliphatic rings. The van der Waals surface area contributed by atoms with Crippen molar-refractivity contribution in [1.82, 2.24) is 4.72 Å². The number of nitrogens with one attached hydrogen (secondary N) is 1. The molecule has 5 nitrogen and oxygen atoms in total. The number of nitrogens with zero attached hydrogens (tertiary/aromatic N) is 1. The largest absolute Gasteiger partial charge is 0.393 e. The minimum atomic E-state index is -3.43. The van der Waals surface area contributed by atoms with E-state index in [1.165, 1.54) is 0 Å². The molecule has 0 fully saturated rings. The fraction of sp³-hybridized carbons (Fsp3) is 0.417. The van der Waals surface area contributed by atoms with Gasteiger partial charge < -0.3 is 5.11 Å². The Morgan fingerprint density at radius 1 is 1.50 bits per heavy atom. The van der Waals surface area contributed by atoms with Gasteiger partial charge in [0.15, 0.2) is 0 Å². The Labute approximate surface area is 107 Å². The first-order valence-corrected chi connectivity index (χ1v) is 7.22. The molecule has 6 heteroatoms. The Morgan fingerprint density at radius 2 is 2.22 bits per heavy atom. The highest BCUT2D eigenvalue weighted by Crippen LogP contribution is 2.07. The van der Waals surface area contributed by atoms with Crippen LogP contribution in [0.4, 0.5) is 0 Å². The van der Waals surface area contributed by atoms with E-state index in [-0.39, 0.29) is 12.3 Å². The number of sulfonamides is 1. The fourth-order valence-electron chi connectivity index (χ4n) is 1.42. The summed E-state index contributed by atoms with van der Waals surface area (Å²) in [6.45, 7) is 1.81. The van der Waals surface area contributed by atoms with Crippen LogP contribution >= 0.6 is 0 Å². The molecule has 1 atom stereocenters. The van der Waals surface area contributed by atoms with Crippen molar-refractivity contribution < 1.29 is 13.5 Å². The van der Waals surface area contributed by atoms with Crippen LogP contribution < -0.4 is 4.72 Å². The quantitative estimate of drug-likeness (QED) is 0.796. The lowest BCUT2D eigenvalue weighted by atomic mass is 10.2. The predicted molar refractivity (Wildman–Crippen MR) is 68.1 cm³/mol. The van der Waals surface area contributed by atoms with Gasteiger partial charge >= 0.3 is 0 Å². The highest BCUT2D eigenvalue weighted by atomic mass is 32.2. The predicted octanol–water partition coefficient (Wildman–Crippen LogP) is 0.749. The third kappa shape index (κ3) is 5.27. The van der Waals surface area contributed by atoms with Gasteiger partial charge in [-0.2, -0.15) is 5.26 Å². The SMILES string of the molecule is CC(O)CCNS(=O)(=O)Cc1cccc(C#N)c1. The second kappa shape index (κ2) is 6.50. The van der Waals surface area contributed by atoms with Crippen molar-refractivity contribution in [1.29, 1.82) is 5.26 Å². The van der Waals surface area contributed by atoms with Gasteiger partial charge in [-0.3, -0.25) is 0 Å². The Morgan fingerprint density at radius 3 is 2.83 bits per heavy atom. The van der Waals surface area contributed by atoms with Crippen LogP contribution in [0.15, 0.2) is 24.3 Å². The summed E-state index contributed by atoms with van der Waals surface area (Å²) in [4.78, 5) is 0. The second-order valence-corrected chi connectivity index (χ2v) is 5.91. The van der Waals surface area contributed by atoms with Crippen molar-refractivity contribution >= 4 is 10.0 Å². The van der Waals surface area contributed by atoms with Gasteiger partial charge in [-0.15, -0.1) is 0 Å². The van der Waals surface area contributed by atoms with Gasteiger partial charge in [-0.1, -0.05) is 12.1 Å². The maximum atomic E-state index is 11.7. The fourth-order valence-corrected chi connectivity index (χ4v) is 2.57. The van der Waals surface area contributed by atoms with E-state index in [9.17, 15) is 8.42 Å². The van der Waals surface area contributed by atoms with Crippen molar-refractivity contribution in [3.05, 3.63) is 35.4 Å². The highest BCUT2D eigenvalue weighted by Gasteiger charge is 2.11. The first-order chi connectivity index (χ1) is 8.43. The van der Waals surface area contributed by atoms with Gasteiger partial charge in [0.05, 0.1) is 23.5 Å². The number of benzene rings is 1. The molecule has 0 heterocycles. The molecule has 0 spiro atoms. The normalized spacial score (nSPS) is 12.9. The summed E-state index contributed by atoms with van der Waals surface area (Å²) in [6, 6.07) is 8.45. The maximum absolute atomic E-state index is 11.7. The molecule has 0 aliphatic heterocycles. The molecule has 1 aromatic carbocycles. The third-order valence-corrected chi connectivity index (χ3v) is 3.65. The second-order valence-electron chi connectivity index (χ2n) is 4.10. The van der Waals surface area contributed by atoms with E-state index >= 15 is 0 Å². The summed E-state index contributed by atoms with van der Waals surface area (Å²) in [5.74, 6) is -0.164. The van der Waals surface area contributed by atoms with Crippen LogP contribution in [0.5, 0.6) is 0 Å². The van der Waals surface area contributed by atoms with Crippen LogP contribution in [-0.2, 0) is 15.8 Å². The van der Waals surface area contributed by atoms with Gasteiger partial charge in [0.1, 0.15) is 0 Å². The number of hydrogen-bond donors (Lipinski definition) is 2. The molecule has 0 saturated heterocycles. The molecule has 98 valence electrons. The molecule has 18 heavy (non-hydrogen) atoms. The lowest BCUT2D eigenvalue weighted by Crippen LogP contribution is -2.27. The van der Waals surface area contributed by atoms with Crippen LogP contribution in [0.25, 0.3) is 0 Å². The summed E-state index contributed by atoms with van der Waals surface area (Å²) in [5, 5.41) is 17.8. The monoisotopic (exact) mass is 268 g/mol. The number of aliphatic hydroxyl groups is 1. The highest BCUT2D eigenvalue weighted by molar-refractivity contribution is 7.88. The first kappa shape index (κ1) is 14.6. The summed E-state index contributed by atoms with van der Waals surface area (Å²) in [5.41, 5.74) is 1.00. The molecule has 1 rings (SSSR count). The molecule has 1 unspecified atom stereocenters. The molecular formula is C12H16N2O3S. The van der Waals surface area contributed by atoms with Gasteiger partial charge in [0, 0.05) is 6.54 Å². The van der Waals surface area contributed by atoms with E-state index in [0.717, 1.165) is 0 Å². The molecule has 0 radical (unpaired) electrons. The van der Waals surface area contributed by atoms with Crippen molar-refractivity contribution in [3.8, 4) is 6.07 Å². The first-order valence-electron chi connectivity index (χ1n) is 5.57. The number of aliphatic hydroxyl groups excluding tert-OH is 1. The Balaban J connectivity index is 2.62. The van der Waals surface area contributed by atoms with Crippen LogP contribution in [0.1, 0.15) is 24.5 Å². The number of nitriles is 1. The van der Waals surface area contributed by atoms with Crippen LogP contribution in [0, 0.1) is 11.3 Å². The summed E-state index contributed by atoms with van der Waals surface area (Å²) in [6.07, 6.45) is -0.160. The van der Waals surface area contributed by atoms with Gasteiger partial charge in [0.25, 0.3) is 0 Å². The van der Waals surface area contributed by atoms with E-state index in [4.69, 9.17) is 10.4 Å². The van der Waals surface area contributed by atoms with Gasteiger partial charge in [0.2, 0.25) is 10.0 Å². The summed E-state index contributed by atoms with van der Waals surface area (Å²) < 4.78 is 25.8. The average Bonchev–Trinajstić information content (AvgIpc) is 2.27. The van der Waals surface area contributed by atoms with Crippen molar-refractivity contribution in [3.63, 3.8) is 0 Å². The molecule has 0 aliphatic carbocycles. The van der Waals surface area contributed by atoms with Crippen LogP contribution in [0.3, 0.4) is 0 Å². The molecule has 2 N–H and O–H groups in total. The number of rotatable bonds is 6. The van der Waals surface area contributed by atoms with Crippen molar-refractivity contribution in [2.75, 3.05) is 6.54 Å². The van der Waals surface area contributed by atoms with Crippen LogP contribution in [-0.4, -0.2) is 26.2 Å². The molecule has 1 aromatic rings. The van der Waals surface area contributed by atoms with Gasteiger partial charge in [-0.25, -0.2) is 13.1 Å². The van der Waals surface area contributed by atoms with E-state index < -0.39 is 16.1 Å². The Kier molecular flexibility index (Phi) is 5.28. The molecule has 0 bridgehead atoms. The topological polar surface area (TPSA) is 90.2 Å². The van der Waals surface area contributed by atoms with Gasteiger partial charge in [-0.05, 0) is 31.0 Å². The maximum Gasteiger partial charge on any atom is 0.215 e. The summed E-state index contributed by atoms with van der Waals surface area (Å²) in [7, 11) is -3.43. The van der Waals surface area contributed by atoms with Crippen LogP contribution in [0.2, 0.25) is 0 Å². The Hall–Kier alpha value is -1.42. The molecule has 0 saturated carbocycles. The zero-order valence-corrected chi connectivity index (χ0v) is 10.9. The zero-order valence-electron chi connectivity index (χ0n) is 10.1.